The van der Waals surface area contributed by atoms with Crippen molar-refractivity contribution in [3.63, 3.8) is 0 Å². The molecule has 2 aromatic carbocycles. The standard InChI is InChI=1S/C15H9BrN2O/c1-10-5-6-11(8-17)7-15(10)19-14-4-2-3-13(16)12(14)9-18/h2-7H,1H3. The van der Waals surface area contributed by atoms with E-state index in [9.17, 15) is 0 Å². The number of rotatable bonds is 2. The molecule has 0 heterocycles. The highest BCUT2D eigenvalue weighted by Crippen LogP contribution is 2.31. The van der Waals surface area contributed by atoms with Crippen molar-refractivity contribution in [3.05, 3.63) is 57.6 Å². The van der Waals surface area contributed by atoms with E-state index >= 15 is 0 Å². The molecule has 92 valence electrons. The molecule has 0 aliphatic carbocycles. The largest absolute Gasteiger partial charge is 0.456 e. The Morgan fingerprint density at radius 2 is 1.84 bits per heavy atom. The predicted octanol–water partition coefficient (Wildman–Crippen LogP) is 4.29. The van der Waals surface area contributed by atoms with Crippen molar-refractivity contribution < 1.29 is 4.74 Å². The second-order valence-electron chi connectivity index (χ2n) is 3.92. The van der Waals surface area contributed by atoms with Crippen LogP contribution >= 0.6 is 15.9 Å². The smallest absolute Gasteiger partial charge is 0.146 e. The van der Waals surface area contributed by atoms with E-state index in [1.807, 2.05) is 13.0 Å². The average molecular weight is 313 g/mol. The van der Waals surface area contributed by atoms with Gasteiger partial charge in [-0.25, -0.2) is 0 Å². The van der Waals surface area contributed by atoms with Gasteiger partial charge >= 0.3 is 0 Å². The van der Waals surface area contributed by atoms with Crippen LogP contribution in [0.15, 0.2) is 40.9 Å². The third kappa shape index (κ3) is 2.76. The molecule has 0 amide bonds. The van der Waals surface area contributed by atoms with Crippen LogP contribution in [-0.2, 0) is 0 Å². The molecule has 2 rings (SSSR count). The lowest BCUT2D eigenvalue weighted by atomic mass is 10.1. The van der Waals surface area contributed by atoms with Gasteiger partial charge in [0, 0.05) is 4.47 Å². The van der Waals surface area contributed by atoms with Crippen LogP contribution in [0.1, 0.15) is 16.7 Å². The Hall–Kier alpha value is -2.30. The van der Waals surface area contributed by atoms with E-state index in [1.54, 1.807) is 30.3 Å². The van der Waals surface area contributed by atoms with Crippen LogP contribution in [0, 0.1) is 29.6 Å². The minimum atomic E-state index is 0.435. The first-order valence-corrected chi connectivity index (χ1v) is 6.32. The number of hydrogen-bond acceptors (Lipinski definition) is 3. The maximum absolute atomic E-state index is 9.13. The molecule has 0 saturated carbocycles. The third-order valence-electron chi connectivity index (χ3n) is 2.62. The van der Waals surface area contributed by atoms with Gasteiger partial charge in [-0.1, -0.05) is 12.1 Å². The fraction of sp³-hybridized carbons (Fsp3) is 0.0667. The molecule has 0 fully saturated rings. The number of halogens is 1. The molecular weight excluding hydrogens is 304 g/mol. The monoisotopic (exact) mass is 312 g/mol. The van der Waals surface area contributed by atoms with Gasteiger partial charge in [0.1, 0.15) is 23.1 Å². The Morgan fingerprint density at radius 1 is 1.05 bits per heavy atom. The highest BCUT2D eigenvalue weighted by molar-refractivity contribution is 9.10. The zero-order chi connectivity index (χ0) is 13.8. The molecular formula is C15H9BrN2O. The fourth-order valence-electron chi connectivity index (χ4n) is 1.60. The average Bonchev–Trinajstić information content (AvgIpc) is 2.41. The van der Waals surface area contributed by atoms with Crippen LogP contribution in [0.4, 0.5) is 0 Å². The SMILES string of the molecule is Cc1ccc(C#N)cc1Oc1cccc(Br)c1C#N. The van der Waals surface area contributed by atoms with Gasteiger partial charge in [0.2, 0.25) is 0 Å². The molecule has 2 aromatic rings. The maximum atomic E-state index is 9.13. The Morgan fingerprint density at radius 3 is 2.53 bits per heavy atom. The van der Waals surface area contributed by atoms with Gasteiger partial charge in [-0.05, 0) is 52.7 Å². The second kappa shape index (κ2) is 5.56. The summed E-state index contributed by atoms with van der Waals surface area (Å²) in [5, 5.41) is 18.0. The number of ether oxygens (including phenoxy) is 1. The van der Waals surface area contributed by atoms with E-state index in [0.29, 0.717) is 27.1 Å². The Bertz CT molecular complexity index is 711. The van der Waals surface area contributed by atoms with Gasteiger partial charge < -0.3 is 4.74 Å². The van der Waals surface area contributed by atoms with E-state index in [1.165, 1.54) is 0 Å². The molecule has 0 bridgehead atoms. The zero-order valence-corrected chi connectivity index (χ0v) is 11.7. The van der Waals surface area contributed by atoms with Crippen molar-refractivity contribution in [2.75, 3.05) is 0 Å². The molecule has 0 unspecified atom stereocenters. The van der Waals surface area contributed by atoms with Gasteiger partial charge in [-0.3, -0.25) is 0 Å². The van der Waals surface area contributed by atoms with E-state index in [4.69, 9.17) is 15.3 Å². The Kier molecular flexibility index (Phi) is 3.85. The van der Waals surface area contributed by atoms with Crippen molar-refractivity contribution >= 4 is 15.9 Å². The summed E-state index contributed by atoms with van der Waals surface area (Å²) < 4.78 is 6.43. The maximum Gasteiger partial charge on any atom is 0.146 e. The van der Waals surface area contributed by atoms with Crippen molar-refractivity contribution in [1.29, 1.82) is 10.5 Å². The zero-order valence-electron chi connectivity index (χ0n) is 10.1. The lowest BCUT2D eigenvalue weighted by Crippen LogP contribution is -1.92. The Balaban J connectivity index is 2.46. The molecule has 0 aromatic heterocycles. The number of benzene rings is 2. The van der Waals surface area contributed by atoms with Gasteiger partial charge in [0.15, 0.2) is 0 Å². The molecule has 0 saturated heterocycles. The van der Waals surface area contributed by atoms with Crippen molar-refractivity contribution in [1.82, 2.24) is 0 Å². The minimum absolute atomic E-state index is 0.435. The summed E-state index contributed by atoms with van der Waals surface area (Å²) in [5.41, 5.74) is 1.86. The summed E-state index contributed by atoms with van der Waals surface area (Å²) in [4.78, 5) is 0. The predicted molar refractivity (Wildman–Crippen MR) is 74.8 cm³/mol. The highest BCUT2D eigenvalue weighted by atomic mass is 79.9. The Labute approximate surface area is 119 Å². The normalized spacial score (nSPS) is 9.47. The van der Waals surface area contributed by atoms with Gasteiger partial charge in [0.05, 0.1) is 11.6 Å². The highest BCUT2D eigenvalue weighted by Gasteiger charge is 2.10. The van der Waals surface area contributed by atoms with Crippen LogP contribution in [0.25, 0.3) is 0 Å². The summed E-state index contributed by atoms with van der Waals surface area (Å²) in [7, 11) is 0. The van der Waals surface area contributed by atoms with Crippen molar-refractivity contribution in [3.8, 4) is 23.6 Å². The van der Waals surface area contributed by atoms with Gasteiger partial charge in [0.25, 0.3) is 0 Å². The molecule has 0 atom stereocenters. The minimum Gasteiger partial charge on any atom is -0.456 e. The molecule has 0 aliphatic rings. The van der Waals surface area contributed by atoms with Crippen LogP contribution in [-0.4, -0.2) is 0 Å². The van der Waals surface area contributed by atoms with Gasteiger partial charge in [-0.2, -0.15) is 10.5 Å². The topological polar surface area (TPSA) is 56.8 Å². The summed E-state index contributed by atoms with van der Waals surface area (Å²) in [6.45, 7) is 1.89. The molecule has 0 aliphatic heterocycles. The van der Waals surface area contributed by atoms with E-state index in [0.717, 1.165) is 5.56 Å². The van der Waals surface area contributed by atoms with Crippen LogP contribution in [0.2, 0.25) is 0 Å². The molecule has 0 radical (unpaired) electrons. The molecule has 0 N–H and O–H groups in total. The van der Waals surface area contributed by atoms with Crippen molar-refractivity contribution in [2.24, 2.45) is 0 Å². The van der Waals surface area contributed by atoms with E-state index in [2.05, 4.69) is 28.1 Å². The van der Waals surface area contributed by atoms with Crippen LogP contribution in [0.3, 0.4) is 0 Å². The molecule has 19 heavy (non-hydrogen) atoms. The van der Waals surface area contributed by atoms with E-state index < -0.39 is 0 Å². The first-order chi connectivity index (χ1) is 9.15. The lowest BCUT2D eigenvalue weighted by Gasteiger charge is -2.10. The van der Waals surface area contributed by atoms with E-state index in [-0.39, 0.29) is 0 Å². The number of nitriles is 2. The lowest BCUT2D eigenvalue weighted by molar-refractivity contribution is 0.477. The first kappa shape index (κ1) is 13.1. The van der Waals surface area contributed by atoms with Gasteiger partial charge in [-0.15, -0.1) is 0 Å². The molecule has 3 nitrogen and oxygen atoms in total. The number of aryl methyl sites for hydroxylation is 1. The number of nitrogens with zero attached hydrogens (tertiary/aromatic N) is 2. The fourth-order valence-corrected chi connectivity index (χ4v) is 2.03. The second-order valence-corrected chi connectivity index (χ2v) is 4.77. The summed E-state index contributed by atoms with van der Waals surface area (Å²) in [6, 6.07) is 14.7. The quantitative estimate of drug-likeness (QED) is 0.831. The first-order valence-electron chi connectivity index (χ1n) is 5.53. The van der Waals surface area contributed by atoms with Crippen LogP contribution < -0.4 is 4.74 Å². The third-order valence-corrected chi connectivity index (χ3v) is 3.29. The summed E-state index contributed by atoms with van der Waals surface area (Å²) in [6.07, 6.45) is 0. The summed E-state index contributed by atoms with van der Waals surface area (Å²) >= 11 is 3.31. The molecule has 4 heteroatoms. The van der Waals surface area contributed by atoms with Crippen LogP contribution in [0.5, 0.6) is 11.5 Å². The van der Waals surface area contributed by atoms with Crippen molar-refractivity contribution in [2.45, 2.75) is 6.92 Å². The number of hydrogen-bond donors (Lipinski definition) is 0. The summed E-state index contributed by atoms with van der Waals surface area (Å²) in [5.74, 6) is 1.05. The molecule has 0 spiro atoms.